The third-order valence-corrected chi connectivity index (χ3v) is 2.06. The fourth-order valence-electron chi connectivity index (χ4n) is 0.998. The second kappa shape index (κ2) is 6.31. The number of rotatable bonds is 0. The van der Waals surface area contributed by atoms with Crippen molar-refractivity contribution in [3.05, 3.63) is 0 Å². The van der Waals surface area contributed by atoms with E-state index in [-0.39, 0.29) is 5.24 Å². The topological polar surface area (TPSA) is 23.6 Å². The van der Waals surface area contributed by atoms with Crippen molar-refractivity contribution in [2.24, 2.45) is 0 Å². The fraction of sp³-hybridized carbons (Fsp3) is 0.875. The molecule has 72 valence electrons. The van der Waals surface area contributed by atoms with Gasteiger partial charge in [-0.15, -0.1) is 0 Å². The monoisotopic (exact) mass is 190 g/mol. The Morgan fingerprint density at radius 2 is 1.58 bits per heavy atom. The van der Waals surface area contributed by atoms with Gasteiger partial charge in [0.25, 0.3) is 5.24 Å². The number of carbonyl (C=O) groups is 1. The standard InChI is InChI=1S/C6H12N2OS.C2H6/c1-7-2-4-8(5-3-7)6(9)10;1-2/h2-5H2,1H3,(H,9,10);1-2H3. The van der Waals surface area contributed by atoms with E-state index in [1.54, 1.807) is 4.90 Å². The Labute approximate surface area is 80.1 Å². The van der Waals surface area contributed by atoms with Crippen LogP contribution in [0.1, 0.15) is 13.8 Å². The van der Waals surface area contributed by atoms with Crippen LogP contribution in [-0.4, -0.2) is 48.3 Å². The van der Waals surface area contributed by atoms with Gasteiger partial charge >= 0.3 is 0 Å². The van der Waals surface area contributed by atoms with Crippen molar-refractivity contribution in [1.82, 2.24) is 9.80 Å². The summed E-state index contributed by atoms with van der Waals surface area (Å²) in [5.41, 5.74) is 0. The molecule has 12 heavy (non-hydrogen) atoms. The zero-order chi connectivity index (χ0) is 9.56. The Morgan fingerprint density at radius 1 is 1.17 bits per heavy atom. The molecule has 1 saturated heterocycles. The number of hydrogen-bond donors (Lipinski definition) is 1. The Kier molecular flexibility index (Phi) is 6.20. The molecule has 0 aliphatic carbocycles. The van der Waals surface area contributed by atoms with Gasteiger partial charge in [0.1, 0.15) is 0 Å². The van der Waals surface area contributed by atoms with E-state index >= 15 is 0 Å². The van der Waals surface area contributed by atoms with E-state index in [0.717, 1.165) is 26.2 Å². The van der Waals surface area contributed by atoms with Gasteiger partial charge in [-0.05, 0) is 7.05 Å². The van der Waals surface area contributed by atoms with Crippen LogP contribution in [0.3, 0.4) is 0 Å². The van der Waals surface area contributed by atoms with Crippen molar-refractivity contribution in [2.45, 2.75) is 13.8 Å². The molecular formula is C8H18N2OS. The molecule has 0 saturated carbocycles. The predicted molar refractivity (Wildman–Crippen MR) is 54.8 cm³/mol. The molecule has 0 aromatic carbocycles. The quantitative estimate of drug-likeness (QED) is 0.582. The van der Waals surface area contributed by atoms with Gasteiger partial charge < -0.3 is 9.80 Å². The fourth-order valence-corrected chi connectivity index (χ4v) is 1.20. The van der Waals surface area contributed by atoms with E-state index in [4.69, 9.17) is 0 Å². The number of likely N-dealkylation sites (N-methyl/N-ethyl adjacent to an activating group) is 1. The lowest BCUT2D eigenvalue weighted by molar-refractivity contribution is 0.173. The first-order chi connectivity index (χ1) is 5.70. The van der Waals surface area contributed by atoms with E-state index in [1.165, 1.54) is 0 Å². The van der Waals surface area contributed by atoms with E-state index in [0.29, 0.717) is 0 Å². The van der Waals surface area contributed by atoms with Crippen LogP contribution in [0, 0.1) is 0 Å². The second-order valence-corrected chi connectivity index (χ2v) is 2.96. The molecule has 1 fully saturated rings. The minimum absolute atomic E-state index is 0.104. The number of thiol groups is 1. The minimum Gasteiger partial charge on any atom is -0.331 e. The van der Waals surface area contributed by atoms with Crippen LogP contribution in [0.4, 0.5) is 4.79 Å². The molecule has 0 atom stereocenters. The van der Waals surface area contributed by atoms with Crippen molar-refractivity contribution in [3.8, 4) is 0 Å². The third kappa shape index (κ3) is 3.97. The Morgan fingerprint density at radius 3 is 1.92 bits per heavy atom. The first-order valence-corrected chi connectivity index (χ1v) is 4.81. The summed E-state index contributed by atoms with van der Waals surface area (Å²) in [5.74, 6) is 0. The zero-order valence-corrected chi connectivity index (χ0v) is 8.97. The van der Waals surface area contributed by atoms with Crippen LogP contribution in [0.5, 0.6) is 0 Å². The van der Waals surface area contributed by atoms with Gasteiger partial charge in [0.05, 0.1) is 0 Å². The maximum Gasteiger partial charge on any atom is 0.278 e. The average molecular weight is 190 g/mol. The van der Waals surface area contributed by atoms with Gasteiger partial charge in [0.15, 0.2) is 0 Å². The summed E-state index contributed by atoms with van der Waals surface area (Å²) in [6.45, 7) is 7.57. The molecule has 1 amide bonds. The maximum atomic E-state index is 10.7. The highest BCUT2D eigenvalue weighted by molar-refractivity contribution is 7.96. The summed E-state index contributed by atoms with van der Waals surface area (Å²) in [5, 5.41) is -0.104. The molecule has 4 heteroatoms. The highest BCUT2D eigenvalue weighted by Gasteiger charge is 2.15. The van der Waals surface area contributed by atoms with Gasteiger partial charge in [0, 0.05) is 26.2 Å². The number of hydrogen-bond acceptors (Lipinski definition) is 2. The van der Waals surface area contributed by atoms with Crippen LogP contribution in [-0.2, 0) is 0 Å². The van der Waals surface area contributed by atoms with Gasteiger partial charge in [-0.2, -0.15) is 0 Å². The molecule has 0 bridgehead atoms. The molecule has 0 aromatic heterocycles. The molecule has 0 radical (unpaired) electrons. The lowest BCUT2D eigenvalue weighted by atomic mass is 10.4. The number of amides is 1. The molecule has 1 rings (SSSR count). The summed E-state index contributed by atoms with van der Waals surface area (Å²) in [4.78, 5) is 14.6. The minimum atomic E-state index is -0.104. The van der Waals surface area contributed by atoms with Gasteiger partial charge in [-0.1, -0.05) is 26.5 Å². The lowest BCUT2D eigenvalue weighted by Crippen LogP contribution is -2.45. The van der Waals surface area contributed by atoms with Crippen LogP contribution in [0.15, 0.2) is 0 Å². The Hall–Kier alpha value is -0.220. The smallest absolute Gasteiger partial charge is 0.278 e. The van der Waals surface area contributed by atoms with Gasteiger partial charge in [-0.25, -0.2) is 0 Å². The molecule has 0 N–H and O–H groups in total. The van der Waals surface area contributed by atoms with Crippen molar-refractivity contribution in [1.29, 1.82) is 0 Å². The third-order valence-electron chi connectivity index (χ3n) is 1.77. The summed E-state index contributed by atoms with van der Waals surface area (Å²) < 4.78 is 0. The SMILES string of the molecule is CC.CN1CCN(C(=O)S)CC1. The second-order valence-electron chi connectivity index (χ2n) is 2.57. The van der Waals surface area contributed by atoms with Crippen molar-refractivity contribution in [3.63, 3.8) is 0 Å². The first-order valence-electron chi connectivity index (χ1n) is 4.36. The molecule has 0 spiro atoms. The van der Waals surface area contributed by atoms with Crippen LogP contribution in [0.2, 0.25) is 0 Å². The van der Waals surface area contributed by atoms with E-state index in [2.05, 4.69) is 24.6 Å². The van der Waals surface area contributed by atoms with Gasteiger partial charge in [-0.3, -0.25) is 4.79 Å². The van der Waals surface area contributed by atoms with E-state index in [1.807, 2.05) is 13.8 Å². The highest BCUT2D eigenvalue weighted by Crippen LogP contribution is 2.01. The highest BCUT2D eigenvalue weighted by atomic mass is 32.1. The predicted octanol–water partition coefficient (Wildman–Crippen LogP) is 1.31. The normalized spacial score (nSPS) is 18.2. The van der Waals surface area contributed by atoms with Crippen molar-refractivity contribution < 1.29 is 4.79 Å². The number of piperazine rings is 1. The summed E-state index contributed by atoms with van der Waals surface area (Å²) >= 11 is 3.74. The molecule has 1 aliphatic rings. The van der Waals surface area contributed by atoms with E-state index < -0.39 is 0 Å². The molecular weight excluding hydrogens is 172 g/mol. The molecule has 1 aliphatic heterocycles. The van der Waals surface area contributed by atoms with Gasteiger partial charge in [0.2, 0.25) is 0 Å². The Balaban J connectivity index is 0.000000561. The molecule has 0 unspecified atom stereocenters. The summed E-state index contributed by atoms with van der Waals surface area (Å²) in [6, 6.07) is 0. The molecule has 1 heterocycles. The summed E-state index contributed by atoms with van der Waals surface area (Å²) in [7, 11) is 2.06. The molecule has 3 nitrogen and oxygen atoms in total. The maximum absolute atomic E-state index is 10.7. The van der Waals surface area contributed by atoms with E-state index in [9.17, 15) is 4.79 Å². The van der Waals surface area contributed by atoms with Crippen LogP contribution in [0.25, 0.3) is 0 Å². The van der Waals surface area contributed by atoms with Crippen molar-refractivity contribution >= 4 is 17.9 Å². The Bertz CT molecular complexity index is 133. The van der Waals surface area contributed by atoms with Crippen LogP contribution >= 0.6 is 12.6 Å². The number of carbonyl (C=O) groups excluding carboxylic acids is 1. The molecule has 0 aromatic rings. The number of nitrogens with zero attached hydrogens (tertiary/aromatic N) is 2. The largest absolute Gasteiger partial charge is 0.331 e. The zero-order valence-electron chi connectivity index (χ0n) is 8.08. The summed E-state index contributed by atoms with van der Waals surface area (Å²) in [6.07, 6.45) is 0. The average Bonchev–Trinajstić information content (AvgIpc) is 2.09. The van der Waals surface area contributed by atoms with Crippen molar-refractivity contribution in [2.75, 3.05) is 33.2 Å². The lowest BCUT2D eigenvalue weighted by Gasteiger charge is -2.30. The first kappa shape index (κ1) is 11.8. The van der Waals surface area contributed by atoms with Crippen LogP contribution < -0.4 is 0 Å².